The summed E-state index contributed by atoms with van der Waals surface area (Å²) in [6, 6.07) is 12.5. The maximum Gasteiger partial charge on any atom is 0.243 e. The first kappa shape index (κ1) is 40.2. The van der Waals surface area contributed by atoms with E-state index in [1.165, 1.54) is 6.42 Å². The smallest absolute Gasteiger partial charge is 0.243 e. The largest absolute Gasteiger partial charge is 0.493 e. The Morgan fingerprint density at radius 1 is 0.863 bits per heavy atom. The predicted octanol–water partition coefficient (Wildman–Crippen LogP) is 5.08. The van der Waals surface area contributed by atoms with E-state index in [4.69, 9.17) is 4.74 Å². The van der Waals surface area contributed by atoms with E-state index in [9.17, 15) is 24.3 Å². The Morgan fingerprint density at radius 2 is 1.57 bits per heavy atom. The highest BCUT2D eigenvalue weighted by Crippen LogP contribution is 2.37. The molecule has 2 aliphatic rings. The first-order chi connectivity index (χ1) is 24.4. The van der Waals surface area contributed by atoms with Crippen LogP contribution in [0.4, 0.5) is 0 Å². The van der Waals surface area contributed by atoms with Crippen molar-refractivity contribution < 1.29 is 29.0 Å². The van der Waals surface area contributed by atoms with Gasteiger partial charge in [0.25, 0.3) is 0 Å². The summed E-state index contributed by atoms with van der Waals surface area (Å²) in [6.45, 7) is 8.82. The molecule has 2 aromatic carbocycles. The van der Waals surface area contributed by atoms with Gasteiger partial charge in [0.15, 0.2) is 0 Å². The SMILES string of the molecule is CC(C)CNC(=O)C[C@H](O)[C@H](CC1CCCCC1)NC(=O)[C@H](CC(C)C)NC(=O)[C@H](Cc1ccccc1)NC(=O)CC1COc2ccc(S)cc21. The Hall–Kier alpha value is -3.57. The van der Waals surface area contributed by atoms with Gasteiger partial charge in [0, 0.05) is 35.8 Å². The van der Waals surface area contributed by atoms with Crippen LogP contribution in [0, 0.1) is 17.8 Å². The normalized spacial score (nSPS) is 18.2. The molecule has 0 spiro atoms. The third-order valence-electron chi connectivity index (χ3n) is 9.79. The van der Waals surface area contributed by atoms with Gasteiger partial charge in [-0.2, -0.15) is 0 Å². The molecule has 1 aliphatic carbocycles. The van der Waals surface area contributed by atoms with Crippen LogP contribution in [0.2, 0.25) is 0 Å². The van der Waals surface area contributed by atoms with Gasteiger partial charge >= 0.3 is 0 Å². The van der Waals surface area contributed by atoms with Gasteiger partial charge in [-0.15, -0.1) is 12.6 Å². The Labute approximate surface area is 309 Å². The van der Waals surface area contributed by atoms with Gasteiger partial charge in [-0.3, -0.25) is 19.2 Å². The van der Waals surface area contributed by atoms with Crippen LogP contribution in [0.25, 0.3) is 0 Å². The van der Waals surface area contributed by atoms with Gasteiger partial charge in [-0.05, 0) is 54.4 Å². The standard InChI is InChI=1S/C40H58N4O6S/c1-25(2)17-33(39(48)43-32(18-27-11-7-5-8-12-27)35(45)22-37(46)41-23-26(3)4)44-40(49)34(19-28-13-9-6-10-14-28)42-38(47)20-29-24-50-36-16-15-30(51)21-31(29)36/h6,9-10,13-16,21,25-27,29,32-35,45,51H,5,7-8,11-12,17-20,22-24H2,1-4H3,(H,41,46)(H,42,47)(H,43,48)(H,44,49)/t29?,32-,33-,34-,35-/m0/s1. The summed E-state index contributed by atoms with van der Waals surface area (Å²) in [5, 5.41) is 23.1. The molecule has 0 saturated heterocycles. The molecule has 0 bridgehead atoms. The highest BCUT2D eigenvalue weighted by molar-refractivity contribution is 7.80. The van der Waals surface area contributed by atoms with E-state index in [0.717, 1.165) is 47.5 Å². The fourth-order valence-corrected chi connectivity index (χ4v) is 7.26. The lowest BCUT2D eigenvalue weighted by molar-refractivity contribution is -0.133. The van der Waals surface area contributed by atoms with Crippen LogP contribution in [0.1, 0.15) is 103 Å². The number of amides is 4. The van der Waals surface area contributed by atoms with Crippen molar-refractivity contribution in [3.05, 3.63) is 59.7 Å². The number of fused-ring (bicyclic) bond motifs is 1. The van der Waals surface area contributed by atoms with Crippen molar-refractivity contribution in [2.24, 2.45) is 17.8 Å². The van der Waals surface area contributed by atoms with Crippen LogP contribution in [-0.2, 0) is 25.6 Å². The molecule has 2 aromatic rings. The molecule has 280 valence electrons. The number of carbonyl (C=O) groups is 4. The zero-order chi connectivity index (χ0) is 36.9. The number of rotatable bonds is 18. The van der Waals surface area contributed by atoms with Crippen LogP contribution in [0.5, 0.6) is 5.75 Å². The molecule has 1 saturated carbocycles. The predicted molar refractivity (Wildman–Crippen MR) is 202 cm³/mol. The van der Waals surface area contributed by atoms with Crippen molar-refractivity contribution >= 4 is 36.3 Å². The molecule has 1 unspecified atom stereocenters. The second-order valence-corrected chi connectivity index (χ2v) is 15.8. The third-order valence-corrected chi connectivity index (χ3v) is 10.1. The maximum absolute atomic E-state index is 14.0. The van der Waals surface area contributed by atoms with E-state index < -0.39 is 36.0 Å². The van der Waals surface area contributed by atoms with Crippen LogP contribution in [0.3, 0.4) is 0 Å². The molecule has 10 nitrogen and oxygen atoms in total. The molecule has 0 radical (unpaired) electrons. The van der Waals surface area contributed by atoms with Crippen molar-refractivity contribution in [2.75, 3.05) is 13.2 Å². The number of hydrogen-bond acceptors (Lipinski definition) is 7. The highest BCUT2D eigenvalue weighted by Gasteiger charge is 2.33. The number of aliphatic hydroxyl groups is 1. The Bertz CT molecular complexity index is 1450. The fraction of sp³-hybridized carbons (Fsp3) is 0.600. The Balaban J connectivity index is 1.48. The molecule has 5 atom stereocenters. The topological polar surface area (TPSA) is 146 Å². The van der Waals surface area contributed by atoms with Crippen LogP contribution < -0.4 is 26.0 Å². The molecule has 4 amide bonds. The molecule has 5 N–H and O–H groups in total. The number of aliphatic hydroxyl groups excluding tert-OH is 1. The number of thiol groups is 1. The summed E-state index contributed by atoms with van der Waals surface area (Å²) in [6.07, 6.45) is 5.49. The summed E-state index contributed by atoms with van der Waals surface area (Å²) < 4.78 is 5.79. The van der Waals surface area contributed by atoms with Crippen molar-refractivity contribution in [3.8, 4) is 5.75 Å². The minimum absolute atomic E-state index is 0.0610. The summed E-state index contributed by atoms with van der Waals surface area (Å²) in [4.78, 5) is 55.0. The molecule has 11 heteroatoms. The molecular formula is C40H58N4O6S. The highest BCUT2D eigenvalue weighted by atomic mass is 32.1. The summed E-state index contributed by atoms with van der Waals surface area (Å²) in [5.41, 5.74) is 1.78. The van der Waals surface area contributed by atoms with Crippen LogP contribution >= 0.6 is 12.6 Å². The van der Waals surface area contributed by atoms with E-state index in [2.05, 4.69) is 33.9 Å². The van der Waals surface area contributed by atoms with Gasteiger partial charge in [-0.25, -0.2) is 0 Å². The van der Waals surface area contributed by atoms with Gasteiger partial charge in [0.2, 0.25) is 23.6 Å². The van der Waals surface area contributed by atoms with E-state index in [0.29, 0.717) is 31.9 Å². The van der Waals surface area contributed by atoms with Gasteiger partial charge in [-0.1, -0.05) is 90.1 Å². The molecule has 1 heterocycles. The van der Waals surface area contributed by atoms with E-state index in [1.807, 2.05) is 76.2 Å². The van der Waals surface area contributed by atoms with Gasteiger partial charge in [0.1, 0.15) is 17.8 Å². The number of hydrogen-bond donors (Lipinski definition) is 6. The summed E-state index contributed by atoms with van der Waals surface area (Å²) in [5.74, 6) is -0.213. The lowest BCUT2D eigenvalue weighted by Gasteiger charge is -2.32. The quantitative estimate of drug-likeness (QED) is 0.119. The minimum atomic E-state index is -1.08. The average molecular weight is 723 g/mol. The first-order valence-electron chi connectivity index (χ1n) is 18.7. The maximum atomic E-state index is 14.0. The van der Waals surface area contributed by atoms with Crippen molar-refractivity contribution in [1.29, 1.82) is 0 Å². The minimum Gasteiger partial charge on any atom is -0.493 e. The van der Waals surface area contributed by atoms with Gasteiger partial charge in [0.05, 0.1) is 25.2 Å². The third kappa shape index (κ3) is 13.2. The summed E-state index contributed by atoms with van der Waals surface area (Å²) in [7, 11) is 0. The Morgan fingerprint density at radius 3 is 2.25 bits per heavy atom. The molecule has 1 aliphatic heterocycles. The molecule has 1 fully saturated rings. The van der Waals surface area contributed by atoms with Crippen LogP contribution in [0.15, 0.2) is 53.4 Å². The van der Waals surface area contributed by atoms with E-state index >= 15 is 0 Å². The zero-order valence-corrected chi connectivity index (χ0v) is 31.6. The average Bonchev–Trinajstić information content (AvgIpc) is 3.48. The molecule has 4 rings (SSSR count). The van der Waals surface area contributed by atoms with Gasteiger partial charge < -0.3 is 31.1 Å². The number of benzene rings is 2. The van der Waals surface area contributed by atoms with Crippen molar-refractivity contribution in [3.63, 3.8) is 0 Å². The fourth-order valence-electron chi connectivity index (χ4n) is 7.05. The zero-order valence-electron chi connectivity index (χ0n) is 30.7. The van der Waals surface area contributed by atoms with E-state index in [1.54, 1.807) is 0 Å². The molecule has 0 aromatic heterocycles. The van der Waals surface area contributed by atoms with Crippen LogP contribution in [-0.4, -0.2) is 66.1 Å². The Kier molecular flexibility index (Phi) is 15.7. The monoisotopic (exact) mass is 722 g/mol. The lowest BCUT2D eigenvalue weighted by Crippen LogP contribution is -2.57. The molecule has 51 heavy (non-hydrogen) atoms. The second-order valence-electron chi connectivity index (χ2n) is 15.3. The lowest BCUT2D eigenvalue weighted by atomic mass is 9.83. The number of nitrogens with one attached hydrogen (secondary N) is 4. The summed E-state index contributed by atoms with van der Waals surface area (Å²) >= 11 is 4.44. The number of ether oxygens (including phenoxy) is 1. The molecular weight excluding hydrogens is 665 g/mol. The van der Waals surface area contributed by atoms with E-state index in [-0.39, 0.29) is 48.8 Å². The van der Waals surface area contributed by atoms with Crippen molar-refractivity contribution in [2.45, 2.75) is 127 Å². The number of carbonyl (C=O) groups excluding carboxylic acids is 4. The first-order valence-corrected chi connectivity index (χ1v) is 19.2. The second kappa shape index (κ2) is 19.9. The van der Waals surface area contributed by atoms with Crippen molar-refractivity contribution in [1.82, 2.24) is 21.3 Å².